The highest BCUT2D eigenvalue weighted by molar-refractivity contribution is 7.89. The summed E-state index contributed by atoms with van der Waals surface area (Å²) in [5, 5.41) is 5.18. The molecule has 5 aromatic carbocycles. The molecule has 1 atom stereocenters. The van der Waals surface area contributed by atoms with Gasteiger partial charge in [0.05, 0.1) is 5.70 Å². The second kappa shape index (κ2) is 13.1. The van der Waals surface area contributed by atoms with E-state index in [4.69, 9.17) is 11.3 Å². The molecule has 1 unspecified atom stereocenters. The Morgan fingerprint density at radius 1 is 0.735 bits per heavy atom. The van der Waals surface area contributed by atoms with E-state index in [1.165, 1.54) is 65.9 Å². The third-order valence-corrected chi connectivity index (χ3v) is 13.1. The molecule has 3 aliphatic carbocycles. The molecule has 0 N–H and O–H groups in total. The molecule has 0 saturated carbocycles. The summed E-state index contributed by atoms with van der Waals surface area (Å²) in [4.78, 5) is 5.21. The predicted molar refractivity (Wildman–Crippen MR) is 220 cm³/mol. The van der Waals surface area contributed by atoms with E-state index in [1.807, 2.05) is 13.8 Å². The molecule has 0 saturated heterocycles. The van der Waals surface area contributed by atoms with Crippen LogP contribution in [0.15, 0.2) is 150 Å². The van der Waals surface area contributed by atoms with Crippen LogP contribution in [-0.4, -0.2) is 12.0 Å². The number of aliphatic imine (C=N–C) groups is 1. The van der Waals surface area contributed by atoms with Crippen LogP contribution in [0, 0.1) is 0 Å². The van der Waals surface area contributed by atoms with E-state index in [2.05, 4.69) is 172 Å². The van der Waals surface area contributed by atoms with E-state index < -0.39 is 6.89 Å². The standard InChI is InChI=1S/C45H38NP.C2H6/c1-5-6-10-26-47(4,36-19-8-7-9-20-36)37-23-25-39-38-24-22-33(28-41(38)45(2,3)42(39)30-37)32-16-12-18-35(27-32)46-43-29-34-17-11-14-31-15-13-21-40(43)44(31)34;1-2/h5-17,19-30H,4,18H2,1-3H3;1-2H3/b6-5-,26-10-,46-35?;. The molecule has 8 rings (SSSR count). The highest BCUT2D eigenvalue weighted by atomic mass is 31.2. The summed E-state index contributed by atoms with van der Waals surface area (Å²) in [7, 11) is 0. The van der Waals surface area contributed by atoms with E-state index in [0.717, 1.165) is 17.8 Å². The molecule has 0 bridgehead atoms. The first-order chi connectivity index (χ1) is 23.9. The summed E-state index contributed by atoms with van der Waals surface area (Å²) in [6.07, 6.45) is 21.1. The van der Waals surface area contributed by atoms with Crippen molar-refractivity contribution in [1.82, 2.24) is 0 Å². The summed E-state index contributed by atoms with van der Waals surface area (Å²) >= 11 is 0. The smallest absolute Gasteiger partial charge is 0.0718 e. The molecule has 242 valence electrons. The molecule has 0 amide bonds. The Labute approximate surface area is 292 Å². The maximum Gasteiger partial charge on any atom is 0.0718 e. The molecular formula is C47H44NP. The van der Waals surface area contributed by atoms with Crippen LogP contribution in [0.1, 0.15) is 68.9 Å². The molecule has 49 heavy (non-hydrogen) atoms. The monoisotopic (exact) mass is 653 g/mol. The fourth-order valence-electron chi connectivity index (χ4n) is 7.50. The number of nitrogens with zero attached hydrogens (tertiary/aromatic N) is 1. The van der Waals surface area contributed by atoms with Crippen molar-refractivity contribution in [2.24, 2.45) is 4.99 Å². The average molecular weight is 654 g/mol. The zero-order valence-corrected chi connectivity index (χ0v) is 30.1. The van der Waals surface area contributed by atoms with Gasteiger partial charge in [-0.3, -0.25) is 4.99 Å². The van der Waals surface area contributed by atoms with Gasteiger partial charge >= 0.3 is 0 Å². The first kappa shape index (κ1) is 32.6. The van der Waals surface area contributed by atoms with E-state index in [9.17, 15) is 0 Å². The second-order valence-electron chi connectivity index (χ2n) is 13.3. The molecule has 0 heterocycles. The molecule has 0 radical (unpaired) electrons. The molecule has 0 aromatic heterocycles. The highest BCUT2D eigenvalue weighted by Crippen LogP contribution is 2.52. The Hall–Kier alpha value is -4.97. The lowest BCUT2D eigenvalue weighted by atomic mass is 9.81. The molecule has 2 heteroatoms. The van der Waals surface area contributed by atoms with Crippen molar-refractivity contribution in [2.75, 3.05) is 0 Å². The Morgan fingerprint density at radius 3 is 2.24 bits per heavy atom. The molecular weight excluding hydrogens is 609 g/mol. The van der Waals surface area contributed by atoms with Crippen molar-refractivity contribution in [3.8, 4) is 11.1 Å². The summed E-state index contributed by atoms with van der Waals surface area (Å²) < 4.78 is 0. The van der Waals surface area contributed by atoms with Gasteiger partial charge in [0.1, 0.15) is 0 Å². The van der Waals surface area contributed by atoms with Gasteiger partial charge in [0.15, 0.2) is 0 Å². The van der Waals surface area contributed by atoms with Crippen LogP contribution in [0.3, 0.4) is 0 Å². The Bertz CT molecular complexity index is 2320. The molecule has 1 nitrogen and oxygen atoms in total. The van der Waals surface area contributed by atoms with Crippen LogP contribution < -0.4 is 10.6 Å². The summed E-state index contributed by atoms with van der Waals surface area (Å²) in [6.45, 7) is 8.81. The Kier molecular flexibility index (Phi) is 8.74. The molecule has 3 aliphatic rings. The third-order valence-electron chi connectivity index (χ3n) is 10.0. The zero-order chi connectivity index (χ0) is 34.2. The van der Waals surface area contributed by atoms with Crippen LogP contribution in [0.25, 0.3) is 39.2 Å². The van der Waals surface area contributed by atoms with Gasteiger partial charge in [0.2, 0.25) is 0 Å². The van der Waals surface area contributed by atoms with Crippen LogP contribution in [0.2, 0.25) is 0 Å². The van der Waals surface area contributed by atoms with Gasteiger partial charge in [0.25, 0.3) is 0 Å². The lowest BCUT2D eigenvalue weighted by molar-refractivity contribution is 0.660. The molecule has 0 aliphatic heterocycles. The van der Waals surface area contributed by atoms with Crippen LogP contribution in [-0.2, 0) is 5.41 Å². The van der Waals surface area contributed by atoms with Crippen molar-refractivity contribution in [1.29, 1.82) is 0 Å². The van der Waals surface area contributed by atoms with Gasteiger partial charge in [-0.25, -0.2) is 0 Å². The highest BCUT2D eigenvalue weighted by Gasteiger charge is 2.36. The lowest BCUT2D eigenvalue weighted by Gasteiger charge is -2.26. The molecule has 5 aromatic rings. The Balaban J connectivity index is 0.00000186. The summed E-state index contributed by atoms with van der Waals surface area (Å²) in [5.41, 5.74) is 12.3. The summed E-state index contributed by atoms with van der Waals surface area (Å²) in [5.74, 6) is 2.33. The average Bonchev–Trinajstić information content (AvgIpc) is 3.61. The zero-order valence-electron chi connectivity index (χ0n) is 29.2. The SMILES string of the molecule is C=P(/C=C\C=C/C)(c1ccccc1)c1ccc2c(c1)C(C)(C)c1cc(C3=CC(=NC4=Cc5cccc6cccc4c56)CC=C3)ccc1-2.CC. The number of allylic oxidation sites excluding steroid dienone is 7. The number of rotatable bonds is 6. The Morgan fingerprint density at radius 2 is 1.47 bits per heavy atom. The van der Waals surface area contributed by atoms with Gasteiger partial charge in [-0.2, -0.15) is 0 Å². The first-order valence-corrected chi connectivity index (χ1v) is 19.5. The maximum atomic E-state index is 5.21. The largest absolute Gasteiger partial charge is 0.252 e. The first-order valence-electron chi connectivity index (χ1n) is 17.5. The fourth-order valence-corrected chi connectivity index (χ4v) is 9.94. The van der Waals surface area contributed by atoms with E-state index in [-0.39, 0.29) is 5.41 Å². The van der Waals surface area contributed by atoms with Crippen molar-refractivity contribution < 1.29 is 0 Å². The normalized spacial score (nSPS) is 17.4. The summed E-state index contributed by atoms with van der Waals surface area (Å²) in [6, 6.07) is 37.9. The number of hydrogen-bond donors (Lipinski definition) is 0. The van der Waals surface area contributed by atoms with Crippen molar-refractivity contribution in [3.63, 3.8) is 0 Å². The lowest BCUT2D eigenvalue weighted by Crippen LogP contribution is -2.20. The van der Waals surface area contributed by atoms with Gasteiger partial charge in [-0.1, -0.05) is 161 Å². The maximum absolute atomic E-state index is 5.21. The quantitative estimate of drug-likeness (QED) is 0.128. The van der Waals surface area contributed by atoms with Crippen molar-refractivity contribution >= 4 is 57.6 Å². The third kappa shape index (κ3) is 5.67. The van der Waals surface area contributed by atoms with Gasteiger partial charge < -0.3 is 0 Å². The van der Waals surface area contributed by atoms with Crippen molar-refractivity contribution in [3.05, 3.63) is 173 Å². The van der Waals surface area contributed by atoms with Gasteiger partial charge in [0, 0.05) is 23.1 Å². The minimum atomic E-state index is -1.99. The number of fused-ring (bicyclic) bond motifs is 3. The van der Waals surface area contributed by atoms with Gasteiger partial charge in [-0.05, 0) is 98.4 Å². The van der Waals surface area contributed by atoms with Crippen molar-refractivity contribution in [2.45, 2.75) is 46.5 Å². The molecule has 0 spiro atoms. The second-order valence-corrected chi connectivity index (χ2v) is 16.3. The van der Waals surface area contributed by atoms with E-state index in [1.54, 1.807) is 0 Å². The van der Waals surface area contributed by atoms with Crippen LogP contribution in [0.5, 0.6) is 0 Å². The molecule has 0 fully saturated rings. The van der Waals surface area contributed by atoms with E-state index >= 15 is 0 Å². The van der Waals surface area contributed by atoms with E-state index in [0.29, 0.717) is 0 Å². The number of benzene rings is 5. The fraction of sp³-hybridized carbons (Fsp3) is 0.149. The van der Waals surface area contributed by atoms with Crippen LogP contribution >= 0.6 is 6.89 Å². The minimum Gasteiger partial charge on any atom is -0.252 e. The van der Waals surface area contributed by atoms with Gasteiger partial charge in [-0.15, -0.1) is 0 Å². The topological polar surface area (TPSA) is 12.4 Å². The predicted octanol–water partition coefficient (Wildman–Crippen LogP) is 12.0. The van der Waals surface area contributed by atoms with Crippen LogP contribution in [0.4, 0.5) is 0 Å². The minimum absolute atomic E-state index is 0.139. The number of hydrogen-bond acceptors (Lipinski definition) is 1.